The van der Waals surface area contributed by atoms with Gasteiger partial charge in [0.15, 0.2) is 6.61 Å². The van der Waals surface area contributed by atoms with Crippen LogP contribution in [0.3, 0.4) is 0 Å². The van der Waals surface area contributed by atoms with Gasteiger partial charge in [0, 0.05) is 23.4 Å². The van der Waals surface area contributed by atoms with Crippen LogP contribution in [0.25, 0.3) is 11.0 Å². The van der Waals surface area contributed by atoms with Gasteiger partial charge in [-0.15, -0.1) is 0 Å². The first-order valence-electron chi connectivity index (χ1n) is 19.1. The van der Waals surface area contributed by atoms with Gasteiger partial charge in [-0.3, -0.25) is 0 Å². The minimum absolute atomic E-state index is 0.0827. The summed E-state index contributed by atoms with van der Waals surface area (Å²) in [6.45, 7) is 12.3. The Labute approximate surface area is 282 Å². The Morgan fingerprint density at radius 2 is 1.83 bits per heavy atom. The molecule has 5 aliphatic rings. The first-order chi connectivity index (χ1) is 22.5. The van der Waals surface area contributed by atoms with Gasteiger partial charge in [0.05, 0.1) is 0 Å². The second-order valence-electron chi connectivity index (χ2n) is 17.3. The SMILES string of the molecule is CC(C)CCC[C@H](C)[C@@H]1CC[C@@H]2[C@@H]3CC=C4C[C@@H](OC(=O)COc5ccc6c7c(c(=O)oc6c5)CCC7)CC[C@]4(C)[C@@H]3CC[C@]2(C)C1. The van der Waals surface area contributed by atoms with Gasteiger partial charge in [-0.2, -0.15) is 0 Å². The Balaban J connectivity index is 0.940. The number of hydrogen-bond acceptors (Lipinski definition) is 5. The fourth-order valence-electron chi connectivity index (χ4n) is 11.3. The Morgan fingerprint density at radius 1 is 1.00 bits per heavy atom. The molecule has 2 aromatic rings. The Hall–Kier alpha value is -2.56. The van der Waals surface area contributed by atoms with E-state index in [1.165, 1.54) is 63.4 Å². The lowest BCUT2D eigenvalue weighted by Gasteiger charge is -2.61. The molecule has 8 atom stereocenters. The molecular formula is C42H58O5. The van der Waals surface area contributed by atoms with Crippen LogP contribution in [0.5, 0.6) is 5.75 Å². The topological polar surface area (TPSA) is 65.7 Å². The predicted octanol–water partition coefficient (Wildman–Crippen LogP) is 10.0. The van der Waals surface area contributed by atoms with E-state index >= 15 is 0 Å². The van der Waals surface area contributed by atoms with E-state index in [-0.39, 0.29) is 29.7 Å². The lowest BCUT2D eigenvalue weighted by molar-refractivity contribution is -0.154. The van der Waals surface area contributed by atoms with Gasteiger partial charge in [0.2, 0.25) is 0 Å². The summed E-state index contributed by atoms with van der Waals surface area (Å²) >= 11 is 0. The number of carbonyl (C=O) groups is 1. The molecular weight excluding hydrogens is 584 g/mol. The molecule has 0 radical (unpaired) electrons. The first kappa shape index (κ1) is 33.0. The lowest BCUT2D eigenvalue weighted by Crippen LogP contribution is -2.52. The molecule has 0 saturated heterocycles. The maximum absolute atomic E-state index is 12.9. The molecule has 3 saturated carbocycles. The third-order valence-electron chi connectivity index (χ3n) is 14.0. The van der Waals surface area contributed by atoms with Crippen LogP contribution in [0, 0.1) is 46.3 Å². The second-order valence-corrected chi connectivity index (χ2v) is 17.3. The smallest absolute Gasteiger partial charge is 0.344 e. The number of hydrogen-bond donors (Lipinski definition) is 0. The van der Waals surface area contributed by atoms with Crippen molar-refractivity contribution in [3.05, 3.63) is 51.4 Å². The Kier molecular flexibility index (Phi) is 9.15. The summed E-state index contributed by atoms with van der Waals surface area (Å²) in [5.74, 6) is 5.20. The van der Waals surface area contributed by atoms with Crippen LogP contribution in [-0.2, 0) is 22.4 Å². The van der Waals surface area contributed by atoms with Crippen LogP contribution in [0.1, 0.15) is 129 Å². The zero-order valence-corrected chi connectivity index (χ0v) is 29.7. The van der Waals surface area contributed by atoms with Gasteiger partial charge in [0.1, 0.15) is 17.4 Å². The van der Waals surface area contributed by atoms with Gasteiger partial charge >= 0.3 is 11.6 Å². The second kappa shape index (κ2) is 13.0. The number of aryl methyl sites for hydroxylation is 1. The molecule has 7 rings (SSSR count). The van der Waals surface area contributed by atoms with Gasteiger partial charge in [-0.25, -0.2) is 9.59 Å². The highest BCUT2D eigenvalue weighted by molar-refractivity contribution is 5.83. The van der Waals surface area contributed by atoms with E-state index < -0.39 is 0 Å². The molecule has 1 aromatic carbocycles. The van der Waals surface area contributed by atoms with Crippen molar-refractivity contribution in [2.45, 2.75) is 137 Å². The highest BCUT2D eigenvalue weighted by Gasteiger charge is 2.56. The van der Waals surface area contributed by atoms with Crippen molar-refractivity contribution in [1.29, 1.82) is 0 Å². The molecule has 0 N–H and O–H groups in total. The normalized spacial score (nSPS) is 33.7. The zero-order chi connectivity index (χ0) is 32.9. The van der Waals surface area contributed by atoms with E-state index in [9.17, 15) is 9.59 Å². The van der Waals surface area contributed by atoms with Crippen LogP contribution >= 0.6 is 0 Å². The van der Waals surface area contributed by atoms with Crippen molar-refractivity contribution in [3.63, 3.8) is 0 Å². The molecule has 47 heavy (non-hydrogen) atoms. The molecule has 0 amide bonds. The van der Waals surface area contributed by atoms with E-state index in [1.807, 2.05) is 12.1 Å². The molecule has 256 valence electrons. The Bertz CT molecular complexity index is 1570. The van der Waals surface area contributed by atoms with Crippen LogP contribution in [0.4, 0.5) is 0 Å². The third kappa shape index (κ3) is 6.34. The maximum Gasteiger partial charge on any atom is 0.344 e. The predicted molar refractivity (Wildman–Crippen MR) is 188 cm³/mol. The van der Waals surface area contributed by atoms with Crippen molar-refractivity contribution >= 4 is 16.9 Å². The summed E-state index contributed by atoms with van der Waals surface area (Å²) in [5.41, 5.74) is 4.46. The molecule has 3 fully saturated rings. The van der Waals surface area contributed by atoms with Crippen molar-refractivity contribution in [2.24, 2.45) is 46.3 Å². The number of ether oxygens (including phenoxy) is 2. The molecule has 0 unspecified atom stereocenters. The van der Waals surface area contributed by atoms with E-state index in [1.54, 1.807) is 6.07 Å². The highest BCUT2D eigenvalue weighted by atomic mass is 16.6. The molecule has 5 aliphatic carbocycles. The summed E-state index contributed by atoms with van der Waals surface area (Å²) in [5, 5.41) is 0.970. The number of fused-ring (bicyclic) bond motifs is 8. The molecule has 5 nitrogen and oxygen atoms in total. The minimum atomic E-state index is -0.327. The first-order valence-corrected chi connectivity index (χ1v) is 19.1. The van der Waals surface area contributed by atoms with Gasteiger partial charge in [-0.05, 0) is 135 Å². The average Bonchev–Trinajstić information content (AvgIpc) is 3.54. The minimum Gasteiger partial charge on any atom is -0.482 e. The largest absolute Gasteiger partial charge is 0.482 e. The fourth-order valence-corrected chi connectivity index (χ4v) is 11.3. The number of carbonyl (C=O) groups excluding carboxylic acids is 1. The van der Waals surface area contributed by atoms with E-state index in [4.69, 9.17) is 13.9 Å². The summed E-state index contributed by atoms with van der Waals surface area (Å²) < 4.78 is 17.4. The van der Waals surface area contributed by atoms with E-state index in [2.05, 4.69) is 40.7 Å². The van der Waals surface area contributed by atoms with Gasteiger partial charge < -0.3 is 13.9 Å². The zero-order valence-electron chi connectivity index (χ0n) is 29.7. The van der Waals surface area contributed by atoms with Crippen molar-refractivity contribution in [3.8, 4) is 5.75 Å². The molecule has 0 spiro atoms. The molecule has 0 aliphatic heterocycles. The number of esters is 1. The molecule has 1 heterocycles. The third-order valence-corrected chi connectivity index (χ3v) is 14.0. The number of benzene rings is 1. The van der Waals surface area contributed by atoms with Crippen molar-refractivity contribution in [2.75, 3.05) is 6.61 Å². The monoisotopic (exact) mass is 642 g/mol. The summed E-state index contributed by atoms with van der Waals surface area (Å²) in [6.07, 6.45) is 20.4. The summed E-state index contributed by atoms with van der Waals surface area (Å²) in [4.78, 5) is 25.3. The lowest BCUT2D eigenvalue weighted by atomic mass is 9.44. The maximum atomic E-state index is 12.9. The van der Waals surface area contributed by atoms with Gasteiger partial charge in [-0.1, -0.05) is 65.5 Å². The number of allylic oxidation sites excluding steroid dienone is 1. The van der Waals surface area contributed by atoms with Crippen LogP contribution in [0.15, 0.2) is 39.1 Å². The average molecular weight is 643 g/mol. The number of rotatable bonds is 9. The molecule has 0 bridgehead atoms. The van der Waals surface area contributed by atoms with E-state index in [0.717, 1.165) is 90.5 Å². The Morgan fingerprint density at radius 3 is 2.66 bits per heavy atom. The van der Waals surface area contributed by atoms with E-state index in [0.29, 0.717) is 16.7 Å². The summed E-state index contributed by atoms with van der Waals surface area (Å²) in [6, 6.07) is 5.54. The molecule has 1 aromatic heterocycles. The molecule has 5 heteroatoms. The van der Waals surface area contributed by atoms with Gasteiger partial charge in [0.25, 0.3) is 0 Å². The van der Waals surface area contributed by atoms with Crippen molar-refractivity contribution in [1.82, 2.24) is 0 Å². The van der Waals surface area contributed by atoms with Crippen molar-refractivity contribution < 1.29 is 18.7 Å². The van der Waals surface area contributed by atoms with Crippen LogP contribution in [-0.4, -0.2) is 18.7 Å². The summed E-state index contributed by atoms with van der Waals surface area (Å²) in [7, 11) is 0. The standard InChI is InChI=1S/C42H58O5/c1-26(2)8-6-9-27(3)28-12-17-36-35-15-13-29-22-31(18-21-42(29,5)37(35)19-20-41(36,4)24-28)46-39(43)25-45-30-14-16-33-32-10-7-11-34(32)40(44)47-38(33)23-30/h13-14,16,23,26-28,31,35-37H,6-12,15,17-22,24-25H2,1-5H3/t27-,28+,31-,35-,36+,37+,41+,42-/m0/s1. The highest BCUT2D eigenvalue weighted by Crippen LogP contribution is 2.65. The van der Waals surface area contributed by atoms with Crippen LogP contribution in [0.2, 0.25) is 0 Å². The fraction of sp³-hybridized carbons (Fsp3) is 0.714. The van der Waals surface area contributed by atoms with Crippen LogP contribution < -0.4 is 10.4 Å². The quantitative estimate of drug-likeness (QED) is 0.155.